The van der Waals surface area contributed by atoms with Gasteiger partial charge in [0.1, 0.15) is 0 Å². The molecule has 0 aliphatic heterocycles. The van der Waals surface area contributed by atoms with Crippen molar-refractivity contribution in [1.29, 1.82) is 0 Å². The summed E-state index contributed by atoms with van der Waals surface area (Å²) in [6.45, 7) is 16.4. The Hall–Kier alpha value is -0.260. The van der Waals surface area contributed by atoms with Gasteiger partial charge in [-0.15, -0.1) is 6.58 Å². The molecule has 0 rings (SSSR count). The minimum Gasteiger partial charge on any atom is -0.103 e. The van der Waals surface area contributed by atoms with Crippen molar-refractivity contribution >= 4 is 0 Å². The van der Waals surface area contributed by atoms with Gasteiger partial charge in [0.2, 0.25) is 0 Å². The Labute approximate surface area is 86.4 Å². The van der Waals surface area contributed by atoms with Crippen molar-refractivity contribution in [2.45, 2.75) is 67.2 Å². The summed E-state index contributed by atoms with van der Waals surface area (Å²) in [6, 6.07) is 0. The fourth-order valence-electron chi connectivity index (χ4n) is 0.348. The van der Waals surface area contributed by atoms with Gasteiger partial charge in [0.05, 0.1) is 0 Å². The Morgan fingerprint density at radius 1 is 1.15 bits per heavy atom. The Morgan fingerprint density at radius 2 is 1.54 bits per heavy atom. The summed E-state index contributed by atoms with van der Waals surface area (Å²) in [5.74, 6) is 0.884. The van der Waals surface area contributed by atoms with Crippen molar-refractivity contribution in [2.24, 2.45) is 5.92 Å². The molecule has 13 heavy (non-hydrogen) atoms. The van der Waals surface area contributed by atoms with Crippen molar-refractivity contribution in [3.8, 4) is 0 Å². The second-order valence-corrected chi connectivity index (χ2v) is 3.23. The number of allylic oxidation sites excluding steroid dienone is 1. The molecule has 0 aliphatic rings. The van der Waals surface area contributed by atoms with E-state index in [1.807, 2.05) is 19.9 Å². The maximum absolute atomic E-state index is 3.60. The normalized spacial score (nSPS) is 7.92. The van der Waals surface area contributed by atoms with Gasteiger partial charge in [-0.05, 0) is 12.3 Å². The maximum Gasteiger partial charge on any atom is -0.0354 e. The highest BCUT2D eigenvalue weighted by molar-refractivity contribution is 4.64. The molecule has 0 heteroatoms. The smallest absolute Gasteiger partial charge is 0.0354 e. The zero-order chi connectivity index (χ0) is 11.1. The maximum atomic E-state index is 3.60. The fraction of sp³-hybridized carbons (Fsp3) is 0.846. The lowest BCUT2D eigenvalue weighted by Gasteiger charge is -1.90. The first-order valence-corrected chi connectivity index (χ1v) is 5.79. The lowest BCUT2D eigenvalue weighted by atomic mass is 10.2. The molecule has 0 amide bonds. The summed E-state index contributed by atoms with van der Waals surface area (Å²) in [7, 11) is 0. The Bertz CT molecular complexity index is 62.4. The molecule has 0 atom stereocenters. The van der Waals surface area contributed by atoms with Gasteiger partial charge in [0, 0.05) is 0 Å². The van der Waals surface area contributed by atoms with E-state index in [1.165, 1.54) is 25.7 Å². The zero-order valence-electron chi connectivity index (χ0n) is 10.7. The summed E-state index contributed by atoms with van der Waals surface area (Å²) in [5, 5.41) is 0. The molecule has 0 aliphatic carbocycles. The quantitative estimate of drug-likeness (QED) is 0.405. The largest absolute Gasteiger partial charge is 0.103 e. The van der Waals surface area contributed by atoms with Gasteiger partial charge in [0.15, 0.2) is 0 Å². The summed E-state index contributed by atoms with van der Waals surface area (Å²) in [5.41, 5.74) is 0. The molecule has 0 unspecified atom stereocenters. The first-order chi connectivity index (χ1) is 6.18. The van der Waals surface area contributed by atoms with Crippen molar-refractivity contribution in [1.82, 2.24) is 0 Å². The summed E-state index contributed by atoms with van der Waals surface area (Å²) in [4.78, 5) is 0. The van der Waals surface area contributed by atoms with Crippen molar-refractivity contribution in [3.05, 3.63) is 12.7 Å². The van der Waals surface area contributed by atoms with Crippen LogP contribution in [0.5, 0.6) is 0 Å². The lowest BCUT2D eigenvalue weighted by Crippen LogP contribution is -1.77. The third-order valence-corrected chi connectivity index (χ3v) is 1.58. The first kappa shape index (κ1) is 18.5. The van der Waals surface area contributed by atoms with Crippen LogP contribution >= 0.6 is 0 Å². The molecule has 0 aromatic rings. The average molecular weight is 186 g/mol. The number of hydrogen-bond donors (Lipinski definition) is 0. The standard InChI is InChI=1S/C6H12.C5H12.C2H6/c1-3-5-6-4-2;1-4-5(2)3;1-2/h3H,1,4-6H2,2H3;5H,4H2,1-3H3;1-2H3. The highest BCUT2D eigenvalue weighted by Crippen LogP contribution is 1.93. The van der Waals surface area contributed by atoms with Gasteiger partial charge in [-0.1, -0.05) is 66.9 Å². The number of hydrogen-bond acceptors (Lipinski definition) is 0. The molecule has 82 valence electrons. The second-order valence-electron chi connectivity index (χ2n) is 3.23. The molecule has 0 aromatic heterocycles. The van der Waals surface area contributed by atoms with Crippen LogP contribution in [0.2, 0.25) is 0 Å². The molecule has 0 N–H and O–H groups in total. The SMILES string of the molecule is C=CCCCC.CC.CCC(C)C. The first-order valence-electron chi connectivity index (χ1n) is 5.79. The van der Waals surface area contributed by atoms with E-state index in [-0.39, 0.29) is 0 Å². The van der Waals surface area contributed by atoms with E-state index >= 15 is 0 Å². The van der Waals surface area contributed by atoms with E-state index < -0.39 is 0 Å². The van der Waals surface area contributed by atoms with E-state index in [0.29, 0.717) is 0 Å². The minimum absolute atomic E-state index is 0.884. The monoisotopic (exact) mass is 186 g/mol. The third-order valence-electron chi connectivity index (χ3n) is 1.58. The molecule has 0 saturated heterocycles. The van der Waals surface area contributed by atoms with Crippen LogP contribution in [0.4, 0.5) is 0 Å². The van der Waals surface area contributed by atoms with Gasteiger partial charge in [-0.3, -0.25) is 0 Å². The third kappa shape index (κ3) is 49.6. The van der Waals surface area contributed by atoms with Crippen LogP contribution in [0, 0.1) is 5.92 Å². The Kier molecular flexibility index (Phi) is 32.2. The Balaban J connectivity index is -0.000000131. The molecule has 0 radical (unpaired) electrons. The molecule has 0 bridgehead atoms. The van der Waals surface area contributed by atoms with Gasteiger partial charge >= 0.3 is 0 Å². The van der Waals surface area contributed by atoms with Crippen LogP contribution < -0.4 is 0 Å². The van der Waals surface area contributed by atoms with Crippen LogP contribution in [0.1, 0.15) is 67.2 Å². The fourth-order valence-corrected chi connectivity index (χ4v) is 0.348. The van der Waals surface area contributed by atoms with Crippen LogP contribution in [0.3, 0.4) is 0 Å². The van der Waals surface area contributed by atoms with Crippen LogP contribution in [-0.4, -0.2) is 0 Å². The summed E-state index contributed by atoms with van der Waals surface area (Å²) >= 11 is 0. The molecule has 0 heterocycles. The molecule has 0 fully saturated rings. The van der Waals surface area contributed by atoms with Crippen molar-refractivity contribution in [2.75, 3.05) is 0 Å². The predicted molar refractivity (Wildman–Crippen MR) is 66.2 cm³/mol. The molecule has 0 nitrogen and oxygen atoms in total. The van der Waals surface area contributed by atoms with E-state index in [2.05, 4.69) is 34.3 Å². The number of rotatable bonds is 4. The highest BCUT2D eigenvalue weighted by Gasteiger charge is 1.80. The van der Waals surface area contributed by atoms with E-state index in [1.54, 1.807) is 0 Å². The van der Waals surface area contributed by atoms with E-state index in [4.69, 9.17) is 0 Å². The van der Waals surface area contributed by atoms with E-state index in [0.717, 1.165) is 5.92 Å². The van der Waals surface area contributed by atoms with Crippen molar-refractivity contribution in [3.63, 3.8) is 0 Å². The molecule has 0 aromatic carbocycles. The average Bonchev–Trinajstić information content (AvgIpc) is 2.18. The van der Waals surface area contributed by atoms with Crippen LogP contribution in [-0.2, 0) is 0 Å². The predicted octanol–water partition coefficient (Wildman–Crippen LogP) is 5.44. The molecular weight excluding hydrogens is 156 g/mol. The van der Waals surface area contributed by atoms with Crippen LogP contribution in [0.15, 0.2) is 12.7 Å². The number of unbranched alkanes of at least 4 members (excludes halogenated alkanes) is 2. The van der Waals surface area contributed by atoms with Gasteiger partial charge in [-0.2, -0.15) is 0 Å². The lowest BCUT2D eigenvalue weighted by molar-refractivity contribution is 0.626. The minimum atomic E-state index is 0.884. The second kappa shape index (κ2) is 22.6. The molecular formula is C13H30. The van der Waals surface area contributed by atoms with Gasteiger partial charge < -0.3 is 0 Å². The van der Waals surface area contributed by atoms with E-state index in [9.17, 15) is 0 Å². The van der Waals surface area contributed by atoms with Crippen molar-refractivity contribution < 1.29 is 0 Å². The zero-order valence-corrected chi connectivity index (χ0v) is 10.7. The summed E-state index contributed by atoms with van der Waals surface area (Å²) in [6.07, 6.45) is 7.02. The van der Waals surface area contributed by atoms with Gasteiger partial charge in [0.25, 0.3) is 0 Å². The van der Waals surface area contributed by atoms with Crippen LogP contribution in [0.25, 0.3) is 0 Å². The topological polar surface area (TPSA) is 0 Å². The molecule has 0 saturated carbocycles. The molecule has 0 spiro atoms. The summed E-state index contributed by atoms with van der Waals surface area (Å²) < 4.78 is 0. The highest BCUT2D eigenvalue weighted by atomic mass is 13.9. The Morgan fingerprint density at radius 3 is 1.62 bits per heavy atom. The van der Waals surface area contributed by atoms with Gasteiger partial charge in [-0.25, -0.2) is 0 Å².